The van der Waals surface area contributed by atoms with Crippen LogP contribution in [0.5, 0.6) is 0 Å². The number of nitrogens with one attached hydrogen (secondary N) is 2. The summed E-state index contributed by atoms with van der Waals surface area (Å²) in [6.07, 6.45) is 5.50. The molecule has 0 aromatic heterocycles. The van der Waals surface area contributed by atoms with E-state index in [1.54, 1.807) is 0 Å². The van der Waals surface area contributed by atoms with Gasteiger partial charge in [-0.2, -0.15) is 0 Å². The van der Waals surface area contributed by atoms with E-state index in [4.69, 9.17) is 37.8 Å². The minimum Gasteiger partial charge on any atom is -0.382 e. The molecule has 214 valence electrons. The summed E-state index contributed by atoms with van der Waals surface area (Å²) in [5.74, 6) is 0. The minimum atomic E-state index is -4.33. The number of phosphoric ester groups is 1. The topological polar surface area (TPSA) is 166 Å². The fourth-order valence-corrected chi connectivity index (χ4v) is 4.17. The highest BCUT2D eigenvalue weighted by molar-refractivity contribution is 7.46. The molecule has 0 amide bonds. The average molecular weight is 562 g/mol. The van der Waals surface area contributed by atoms with E-state index < -0.39 is 16.4 Å². The van der Waals surface area contributed by atoms with E-state index in [1.807, 2.05) is 7.85 Å². The molecule has 3 atom stereocenters. The van der Waals surface area contributed by atoms with Crippen molar-refractivity contribution in [1.82, 2.24) is 10.6 Å². The zero-order valence-electron chi connectivity index (χ0n) is 21.4. The maximum absolute atomic E-state index is 10.5. The number of ether oxygens (including phenoxy) is 4. The maximum atomic E-state index is 10.5. The van der Waals surface area contributed by atoms with Crippen molar-refractivity contribution in [3.05, 3.63) is 0 Å². The summed E-state index contributed by atoms with van der Waals surface area (Å²) in [6, 6.07) is 0.256. The summed E-state index contributed by atoms with van der Waals surface area (Å²) in [5.41, 5.74) is 0. The minimum absolute atomic E-state index is 0.0408. The number of hydrogen-bond acceptors (Lipinski definition) is 11. The van der Waals surface area contributed by atoms with Gasteiger partial charge in [0.15, 0.2) is 0 Å². The molecule has 1 aliphatic heterocycles. The molecule has 0 aliphatic carbocycles. The standard InChI is InChI=1S/C20H45BN2O11P2/c21-20-6-5-19(34-20)17-32-35(24)31-16-15-30-14-13-29-12-11-28-10-8-23-18-22-7-3-1-2-4-9-33-36(25,26)27/h19-20,22-24H,1-18,21H2,(H2,25,26,27). The highest BCUT2D eigenvalue weighted by Gasteiger charge is 2.23. The molecule has 16 heteroatoms. The van der Waals surface area contributed by atoms with Gasteiger partial charge in [-0.15, -0.1) is 0 Å². The monoisotopic (exact) mass is 562 g/mol. The first-order valence-electron chi connectivity index (χ1n) is 12.6. The lowest BCUT2D eigenvalue weighted by Crippen LogP contribution is -2.32. The molecule has 0 aromatic carbocycles. The lowest BCUT2D eigenvalue weighted by atomic mass is 9.97. The summed E-state index contributed by atoms with van der Waals surface area (Å²) in [4.78, 5) is 26.8. The maximum Gasteiger partial charge on any atom is 0.469 e. The van der Waals surface area contributed by atoms with E-state index in [0.29, 0.717) is 59.3 Å². The normalized spacial score (nSPS) is 19.2. The van der Waals surface area contributed by atoms with E-state index in [9.17, 15) is 9.46 Å². The smallest absolute Gasteiger partial charge is 0.382 e. The Kier molecular flexibility index (Phi) is 22.0. The van der Waals surface area contributed by atoms with Crippen molar-refractivity contribution in [2.75, 3.05) is 79.2 Å². The van der Waals surface area contributed by atoms with Gasteiger partial charge in [-0.25, -0.2) is 4.57 Å². The molecule has 0 bridgehead atoms. The molecule has 1 rings (SSSR count). The first kappa shape index (κ1) is 34.3. The third-order valence-corrected chi connectivity index (χ3v) is 6.34. The number of rotatable bonds is 26. The predicted molar refractivity (Wildman–Crippen MR) is 137 cm³/mol. The lowest BCUT2D eigenvalue weighted by molar-refractivity contribution is 0.00720. The molecule has 1 fully saturated rings. The third-order valence-electron chi connectivity index (χ3n) is 5.04. The van der Waals surface area contributed by atoms with Crippen LogP contribution < -0.4 is 10.6 Å². The molecular weight excluding hydrogens is 517 g/mol. The van der Waals surface area contributed by atoms with Crippen LogP contribution in [0.2, 0.25) is 0 Å². The first-order chi connectivity index (χ1) is 17.4. The van der Waals surface area contributed by atoms with Gasteiger partial charge in [0, 0.05) is 19.2 Å². The first-order valence-corrected chi connectivity index (χ1v) is 15.3. The van der Waals surface area contributed by atoms with Crippen LogP contribution in [0.4, 0.5) is 0 Å². The molecule has 3 unspecified atom stereocenters. The highest BCUT2D eigenvalue weighted by Crippen LogP contribution is 2.36. The largest absolute Gasteiger partial charge is 0.469 e. The van der Waals surface area contributed by atoms with Crippen LogP contribution in [0.1, 0.15) is 38.5 Å². The molecule has 1 aliphatic rings. The molecule has 0 radical (unpaired) electrons. The van der Waals surface area contributed by atoms with Crippen molar-refractivity contribution in [3.8, 4) is 0 Å². The lowest BCUT2D eigenvalue weighted by Gasteiger charge is -2.14. The Bertz CT molecular complexity index is 554. The highest BCUT2D eigenvalue weighted by atomic mass is 31.2. The van der Waals surface area contributed by atoms with Gasteiger partial charge in [-0.3, -0.25) is 4.52 Å². The zero-order chi connectivity index (χ0) is 26.3. The van der Waals surface area contributed by atoms with Crippen LogP contribution in [-0.2, 0) is 37.1 Å². The van der Waals surface area contributed by atoms with Crippen LogP contribution >= 0.6 is 16.4 Å². The van der Waals surface area contributed by atoms with Crippen LogP contribution in [0.3, 0.4) is 0 Å². The Balaban J connectivity index is 1.68. The fourth-order valence-electron chi connectivity index (χ4n) is 3.21. The predicted octanol–water partition coefficient (Wildman–Crippen LogP) is 0.233. The van der Waals surface area contributed by atoms with Gasteiger partial charge >= 0.3 is 16.4 Å². The van der Waals surface area contributed by atoms with Crippen LogP contribution in [0, 0.1) is 0 Å². The fraction of sp³-hybridized carbons (Fsp3) is 1.00. The second-order valence-electron chi connectivity index (χ2n) is 8.26. The van der Waals surface area contributed by atoms with Crippen molar-refractivity contribution >= 4 is 24.3 Å². The Hall–Kier alpha value is 0.245. The quantitative estimate of drug-likeness (QED) is 0.0421. The second kappa shape index (κ2) is 23.2. The van der Waals surface area contributed by atoms with Gasteiger partial charge in [0.25, 0.3) is 0 Å². The molecule has 0 spiro atoms. The van der Waals surface area contributed by atoms with Gasteiger partial charge in [0.1, 0.15) is 7.85 Å². The summed E-state index contributed by atoms with van der Waals surface area (Å²) < 4.78 is 47.3. The number of hydrogen-bond donors (Lipinski definition) is 5. The molecule has 13 nitrogen and oxygen atoms in total. The van der Waals surface area contributed by atoms with E-state index in [0.717, 1.165) is 45.2 Å². The SMILES string of the molecule is BC1CCC(COP(O)OCCOCCOCCOCCNCNCCCCCCOP(=O)(O)O)O1. The van der Waals surface area contributed by atoms with Crippen molar-refractivity contribution in [2.45, 2.75) is 50.6 Å². The van der Waals surface area contributed by atoms with Crippen molar-refractivity contribution in [3.63, 3.8) is 0 Å². The van der Waals surface area contributed by atoms with Gasteiger partial charge in [0.2, 0.25) is 0 Å². The van der Waals surface area contributed by atoms with Crippen LogP contribution in [-0.4, -0.2) is 114 Å². The molecule has 0 aromatic rings. The molecular formula is C20H45BN2O11P2. The Morgan fingerprint density at radius 1 is 0.833 bits per heavy atom. The second-order valence-corrected chi connectivity index (χ2v) is 10.5. The van der Waals surface area contributed by atoms with E-state index in [-0.39, 0.29) is 25.3 Å². The summed E-state index contributed by atoms with van der Waals surface area (Å²) in [7, 11) is -4.20. The van der Waals surface area contributed by atoms with Crippen LogP contribution in [0.15, 0.2) is 0 Å². The third kappa shape index (κ3) is 23.4. The summed E-state index contributed by atoms with van der Waals surface area (Å²) in [6.45, 7) is 5.86. The van der Waals surface area contributed by atoms with E-state index in [2.05, 4.69) is 15.2 Å². The number of unbranched alkanes of at least 4 members (excludes halogenated alkanes) is 3. The van der Waals surface area contributed by atoms with E-state index in [1.165, 1.54) is 0 Å². The van der Waals surface area contributed by atoms with Gasteiger partial charge in [-0.05, 0) is 32.2 Å². The zero-order valence-corrected chi connectivity index (χ0v) is 23.2. The molecule has 5 N–H and O–H groups in total. The summed E-state index contributed by atoms with van der Waals surface area (Å²) >= 11 is 0. The molecule has 0 saturated carbocycles. The van der Waals surface area contributed by atoms with Crippen molar-refractivity contribution < 1.29 is 51.8 Å². The van der Waals surface area contributed by atoms with Gasteiger partial charge in [0.05, 0.1) is 65.6 Å². The molecule has 36 heavy (non-hydrogen) atoms. The molecule has 1 heterocycles. The average Bonchev–Trinajstić information content (AvgIpc) is 3.25. The van der Waals surface area contributed by atoms with Gasteiger partial charge < -0.3 is 53.3 Å². The Morgan fingerprint density at radius 3 is 2.14 bits per heavy atom. The van der Waals surface area contributed by atoms with Crippen molar-refractivity contribution in [2.24, 2.45) is 0 Å². The van der Waals surface area contributed by atoms with Crippen LogP contribution in [0.25, 0.3) is 0 Å². The van der Waals surface area contributed by atoms with Gasteiger partial charge in [-0.1, -0.05) is 12.8 Å². The Morgan fingerprint density at radius 2 is 1.47 bits per heavy atom. The number of phosphoric acid groups is 1. The Labute approximate surface area is 216 Å². The van der Waals surface area contributed by atoms with E-state index >= 15 is 0 Å². The molecule has 1 saturated heterocycles. The summed E-state index contributed by atoms with van der Waals surface area (Å²) in [5, 5.41) is 6.50. The van der Waals surface area contributed by atoms with Crippen molar-refractivity contribution in [1.29, 1.82) is 0 Å².